The highest BCUT2D eigenvalue weighted by atomic mass is 35.5. The average molecular weight is 463 g/mol. The second kappa shape index (κ2) is 10.4. The number of anilines is 1. The third-order valence-electron chi connectivity index (χ3n) is 5.39. The minimum Gasteiger partial charge on any atom is -0.353 e. The van der Waals surface area contributed by atoms with Gasteiger partial charge in [-0.15, -0.1) is 29.9 Å². The van der Waals surface area contributed by atoms with Crippen LogP contribution < -0.4 is 10.2 Å². The molecule has 29 heavy (non-hydrogen) atoms. The summed E-state index contributed by atoms with van der Waals surface area (Å²) in [5.41, 5.74) is 1.35. The summed E-state index contributed by atoms with van der Waals surface area (Å²) in [7, 11) is 0. The molecule has 0 spiro atoms. The standard InChI is InChI=1S/C18H24ClN7O.2ClH/c1-13-17(22-23-26(13)15-4-6-20-7-5-15)18(27)25-10-8-24(9-11-25)16-3-2-14(19)12-21-16;;/h2-3,12,15,20H,4-11H2,1H3;2*1H. The van der Waals surface area contributed by atoms with E-state index in [1.54, 1.807) is 6.20 Å². The fourth-order valence-corrected chi connectivity index (χ4v) is 3.89. The number of nitrogens with zero attached hydrogens (tertiary/aromatic N) is 6. The van der Waals surface area contributed by atoms with Gasteiger partial charge in [-0.1, -0.05) is 16.8 Å². The Morgan fingerprint density at radius 3 is 2.45 bits per heavy atom. The Morgan fingerprint density at radius 2 is 1.83 bits per heavy atom. The second-order valence-corrected chi connectivity index (χ2v) is 7.50. The summed E-state index contributed by atoms with van der Waals surface area (Å²) in [6, 6.07) is 4.08. The molecular formula is C18H26Cl3N7O. The van der Waals surface area contributed by atoms with Gasteiger partial charge in [-0.05, 0) is 45.0 Å². The van der Waals surface area contributed by atoms with Gasteiger partial charge in [0.1, 0.15) is 5.82 Å². The van der Waals surface area contributed by atoms with Crippen LogP contribution in [0.1, 0.15) is 35.1 Å². The molecule has 1 amide bonds. The Hall–Kier alpha value is -1.61. The van der Waals surface area contributed by atoms with Crippen LogP contribution in [0, 0.1) is 6.92 Å². The molecular weight excluding hydrogens is 437 g/mol. The summed E-state index contributed by atoms with van der Waals surface area (Å²) in [6.45, 7) is 6.67. The Kier molecular flexibility index (Phi) is 8.51. The molecule has 0 radical (unpaired) electrons. The SMILES string of the molecule is Cc1c(C(=O)N2CCN(c3ccc(Cl)cn3)CC2)nnn1C1CCNCC1.Cl.Cl. The monoisotopic (exact) mass is 461 g/mol. The maximum atomic E-state index is 13.0. The molecule has 0 unspecified atom stereocenters. The fourth-order valence-electron chi connectivity index (χ4n) is 3.78. The van der Waals surface area contributed by atoms with Crippen molar-refractivity contribution in [1.82, 2.24) is 30.2 Å². The van der Waals surface area contributed by atoms with Crippen LogP contribution in [0.4, 0.5) is 5.82 Å². The Morgan fingerprint density at radius 1 is 1.14 bits per heavy atom. The van der Waals surface area contributed by atoms with Gasteiger partial charge < -0.3 is 15.1 Å². The summed E-state index contributed by atoms with van der Waals surface area (Å²) in [5.74, 6) is 0.857. The van der Waals surface area contributed by atoms with Crippen molar-refractivity contribution >= 4 is 48.1 Å². The molecule has 2 fully saturated rings. The van der Waals surface area contributed by atoms with E-state index in [-0.39, 0.29) is 30.7 Å². The van der Waals surface area contributed by atoms with Gasteiger partial charge >= 0.3 is 0 Å². The molecule has 0 aromatic carbocycles. The van der Waals surface area contributed by atoms with Gasteiger partial charge in [-0.25, -0.2) is 9.67 Å². The third-order valence-corrected chi connectivity index (χ3v) is 5.61. The number of rotatable bonds is 3. The van der Waals surface area contributed by atoms with Crippen molar-refractivity contribution in [2.75, 3.05) is 44.2 Å². The van der Waals surface area contributed by atoms with E-state index in [2.05, 4.69) is 25.5 Å². The molecule has 0 aliphatic carbocycles. The first kappa shape index (κ1) is 23.7. The molecule has 4 heterocycles. The zero-order valence-corrected chi connectivity index (χ0v) is 18.6. The van der Waals surface area contributed by atoms with E-state index in [0.717, 1.165) is 50.5 Å². The van der Waals surface area contributed by atoms with Crippen molar-refractivity contribution < 1.29 is 4.79 Å². The number of nitrogens with one attached hydrogen (secondary N) is 1. The molecule has 11 heteroatoms. The molecule has 2 aliphatic rings. The van der Waals surface area contributed by atoms with E-state index < -0.39 is 0 Å². The second-order valence-electron chi connectivity index (χ2n) is 7.06. The molecule has 8 nitrogen and oxygen atoms in total. The van der Waals surface area contributed by atoms with Gasteiger partial charge in [0.2, 0.25) is 0 Å². The first-order chi connectivity index (χ1) is 13.1. The number of piperazine rings is 1. The predicted octanol–water partition coefficient (Wildman–Crippen LogP) is 2.37. The average Bonchev–Trinajstić information content (AvgIpc) is 3.10. The Labute approximate surface area is 187 Å². The normalized spacial score (nSPS) is 17.4. The lowest BCUT2D eigenvalue weighted by atomic mass is 10.1. The molecule has 0 atom stereocenters. The lowest BCUT2D eigenvalue weighted by Crippen LogP contribution is -2.49. The van der Waals surface area contributed by atoms with E-state index in [4.69, 9.17) is 11.6 Å². The molecule has 160 valence electrons. The van der Waals surface area contributed by atoms with Gasteiger partial charge in [-0.2, -0.15) is 0 Å². The number of pyridine rings is 1. The number of amides is 1. The maximum Gasteiger partial charge on any atom is 0.276 e. The molecule has 2 aromatic rings. The minimum absolute atomic E-state index is 0. The fraction of sp³-hybridized carbons (Fsp3) is 0.556. The molecule has 0 bridgehead atoms. The van der Waals surface area contributed by atoms with Crippen LogP contribution in [-0.2, 0) is 0 Å². The highest BCUT2D eigenvalue weighted by Crippen LogP contribution is 2.22. The summed E-state index contributed by atoms with van der Waals surface area (Å²) < 4.78 is 1.93. The Bertz CT molecular complexity index is 800. The van der Waals surface area contributed by atoms with Gasteiger partial charge in [0.05, 0.1) is 16.8 Å². The van der Waals surface area contributed by atoms with Crippen LogP contribution in [-0.4, -0.2) is 70.1 Å². The molecule has 4 rings (SSSR count). The quantitative estimate of drug-likeness (QED) is 0.754. The number of halogens is 3. The van der Waals surface area contributed by atoms with Crippen LogP contribution in [0.3, 0.4) is 0 Å². The topological polar surface area (TPSA) is 79.2 Å². The smallest absolute Gasteiger partial charge is 0.276 e. The van der Waals surface area contributed by atoms with Crippen LogP contribution >= 0.6 is 36.4 Å². The first-order valence-electron chi connectivity index (χ1n) is 9.42. The minimum atomic E-state index is -0.0311. The van der Waals surface area contributed by atoms with Crippen LogP contribution in [0.2, 0.25) is 5.02 Å². The van der Waals surface area contributed by atoms with Gasteiger partial charge in [0.25, 0.3) is 5.91 Å². The number of carbonyl (C=O) groups is 1. The zero-order valence-electron chi connectivity index (χ0n) is 16.3. The highest BCUT2D eigenvalue weighted by Gasteiger charge is 2.28. The number of hydrogen-bond donors (Lipinski definition) is 1. The Balaban J connectivity index is 0.00000150. The van der Waals surface area contributed by atoms with Crippen molar-refractivity contribution in [2.24, 2.45) is 0 Å². The van der Waals surface area contributed by atoms with Gasteiger partial charge in [0.15, 0.2) is 5.69 Å². The summed E-state index contributed by atoms with van der Waals surface area (Å²) in [4.78, 5) is 21.3. The van der Waals surface area contributed by atoms with Crippen molar-refractivity contribution in [2.45, 2.75) is 25.8 Å². The third kappa shape index (κ3) is 5.12. The summed E-state index contributed by atoms with van der Waals surface area (Å²) >= 11 is 5.90. The van der Waals surface area contributed by atoms with Crippen LogP contribution in [0.15, 0.2) is 18.3 Å². The predicted molar refractivity (Wildman–Crippen MR) is 118 cm³/mol. The number of carbonyl (C=O) groups excluding carboxylic acids is 1. The van der Waals surface area contributed by atoms with Crippen LogP contribution in [0.25, 0.3) is 0 Å². The van der Waals surface area contributed by atoms with Crippen LogP contribution in [0.5, 0.6) is 0 Å². The zero-order chi connectivity index (χ0) is 18.8. The number of piperidine rings is 1. The van der Waals surface area contributed by atoms with Crippen molar-refractivity contribution in [3.05, 3.63) is 34.7 Å². The highest BCUT2D eigenvalue weighted by molar-refractivity contribution is 6.30. The number of hydrogen-bond acceptors (Lipinski definition) is 6. The lowest BCUT2D eigenvalue weighted by Gasteiger charge is -2.35. The van der Waals surface area contributed by atoms with Gasteiger partial charge in [0, 0.05) is 32.4 Å². The molecule has 0 saturated carbocycles. The molecule has 2 aromatic heterocycles. The van der Waals surface area contributed by atoms with Crippen molar-refractivity contribution in [3.63, 3.8) is 0 Å². The first-order valence-corrected chi connectivity index (χ1v) is 9.79. The number of aromatic nitrogens is 4. The van der Waals surface area contributed by atoms with E-state index in [0.29, 0.717) is 29.8 Å². The van der Waals surface area contributed by atoms with E-state index in [1.807, 2.05) is 28.6 Å². The molecule has 2 aliphatic heterocycles. The largest absolute Gasteiger partial charge is 0.353 e. The lowest BCUT2D eigenvalue weighted by molar-refractivity contribution is 0.0739. The van der Waals surface area contributed by atoms with E-state index in [1.165, 1.54) is 0 Å². The van der Waals surface area contributed by atoms with Crippen molar-refractivity contribution in [3.8, 4) is 0 Å². The summed E-state index contributed by atoms with van der Waals surface area (Å²) in [5, 5.41) is 12.5. The maximum absolute atomic E-state index is 13.0. The van der Waals surface area contributed by atoms with E-state index >= 15 is 0 Å². The molecule has 2 saturated heterocycles. The molecule has 1 N–H and O–H groups in total. The van der Waals surface area contributed by atoms with Gasteiger partial charge in [-0.3, -0.25) is 4.79 Å². The van der Waals surface area contributed by atoms with E-state index in [9.17, 15) is 4.79 Å². The van der Waals surface area contributed by atoms with Crippen molar-refractivity contribution in [1.29, 1.82) is 0 Å². The summed E-state index contributed by atoms with van der Waals surface area (Å²) in [6.07, 6.45) is 3.69.